The summed E-state index contributed by atoms with van der Waals surface area (Å²) in [7, 11) is 1.69. The number of nitrogens with zero attached hydrogens (tertiary/aromatic N) is 1. The Morgan fingerprint density at radius 2 is 1.84 bits per heavy atom. The number of carbonyl (C=O) groups is 1. The molecule has 0 N–H and O–H groups in total. The highest BCUT2D eigenvalue weighted by atomic mass is 16.5. The number of fused-ring (bicyclic) bond motifs is 2. The highest BCUT2D eigenvalue weighted by Gasteiger charge is 2.36. The van der Waals surface area contributed by atoms with Crippen LogP contribution in [0.4, 0.5) is 0 Å². The minimum Gasteiger partial charge on any atom is -0.382 e. The molecule has 2 saturated heterocycles. The first kappa shape index (κ1) is 14.9. The van der Waals surface area contributed by atoms with E-state index in [0.29, 0.717) is 31.1 Å². The Labute approximate surface area is 116 Å². The number of ether oxygens (including phenoxy) is 2. The number of carbonyl (C=O) groups excluding carboxylic acids is 1. The second-order valence-corrected chi connectivity index (χ2v) is 5.74. The summed E-state index contributed by atoms with van der Waals surface area (Å²) in [5, 5.41) is 0. The standard InChI is InChI=1S/C15H27NO3/c1-18-9-10-19-8-3-2-7-16-13-5-4-6-14(16)12-15(17)11-13/h13-14H,2-12H2,1H3. The Hall–Kier alpha value is -0.450. The Morgan fingerprint density at radius 1 is 1.11 bits per heavy atom. The summed E-state index contributed by atoms with van der Waals surface area (Å²) >= 11 is 0. The van der Waals surface area contributed by atoms with E-state index in [4.69, 9.17) is 9.47 Å². The van der Waals surface area contributed by atoms with Crippen LogP contribution in [0.3, 0.4) is 0 Å². The molecule has 0 aromatic heterocycles. The molecule has 4 heteroatoms. The molecule has 2 atom stereocenters. The fourth-order valence-corrected chi connectivity index (χ4v) is 3.37. The molecule has 2 fully saturated rings. The maximum absolute atomic E-state index is 11.6. The van der Waals surface area contributed by atoms with Crippen LogP contribution >= 0.6 is 0 Å². The Balaban J connectivity index is 1.61. The van der Waals surface area contributed by atoms with Gasteiger partial charge in [-0.2, -0.15) is 0 Å². The lowest BCUT2D eigenvalue weighted by Gasteiger charge is -2.45. The van der Waals surface area contributed by atoms with E-state index in [1.165, 1.54) is 25.7 Å². The zero-order valence-corrected chi connectivity index (χ0v) is 12.1. The molecule has 0 spiro atoms. The summed E-state index contributed by atoms with van der Waals surface area (Å²) < 4.78 is 10.4. The Morgan fingerprint density at radius 3 is 2.53 bits per heavy atom. The van der Waals surface area contributed by atoms with Crippen LogP contribution in [0.1, 0.15) is 44.9 Å². The predicted molar refractivity (Wildman–Crippen MR) is 74.3 cm³/mol. The van der Waals surface area contributed by atoms with E-state index >= 15 is 0 Å². The van der Waals surface area contributed by atoms with Gasteiger partial charge in [-0.1, -0.05) is 6.42 Å². The molecule has 4 nitrogen and oxygen atoms in total. The molecule has 0 aromatic carbocycles. The normalized spacial score (nSPS) is 27.7. The molecule has 19 heavy (non-hydrogen) atoms. The third kappa shape index (κ3) is 4.55. The van der Waals surface area contributed by atoms with Gasteiger partial charge in [0, 0.05) is 38.6 Å². The van der Waals surface area contributed by atoms with Gasteiger partial charge in [0.1, 0.15) is 5.78 Å². The molecule has 2 heterocycles. The molecule has 2 aliphatic rings. The van der Waals surface area contributed by atoms with Gasteiger partial charge in [-0.25, -0.2) is 0 Å². The van der Waals surface area contributed by atoms with Crippen LogP contribution in [0.15, 0.2) is 0 Å². The van der Waals surface area contributed by atoms with E-state index in [2.05, 4.69) is 4.90 Å². The highest BCUT2D eigenvalue weighted by molar-refractivity contribution is 5.80. The van der Waals surface area contributed by atoms with Gasteiger partial charge in [-0.15, -0.1) is 0 Å². The number of rotatable bonds is 8. The summed E-state index contributed by atoms with van der Waals surface area (Å²) in [6.45, 7) is 3.33. The second-order valence-electron chi connectivity index (χ2n) is 5.74. The van der Waals surface area contributed by atoms with Crippen molar-refractivity contribution < 1.29 is 14.3 Å². The van der Waals surface area contributed by atoms with Gasteiger partial charge in [0.05, 0.1) is 13.2 Å². The fourth-order valence-electron chi connectivity index (χ4n) is 3.37. The van der Waals surface area contributed by atoms with Crippen molar-refractivity contribution in [1.29, 1.82) is 0 Å². The molecule has 0 aliphatic carbocycles. The molecule has 110 valence electrons. The molecular weight excluding hydrogens is 242 g/mol. The van der Waals surface area contributed by atoms with Crippen molar-refractivity contribution >= 4 is 5.78 Å². The molecule has 0 radical (unpaired) electrons. The number of methoxy groups -OCH3 is 1. The minimum atomic E-state index is 0.480. The van der Waals surface area contributed by atoms with Crippen LogP contribution in [-0.2, 0) is 14.3 Å². The number of hydrogen-bond acceptors (Lipinski definition) is 4. The average Bonchev–Trinajstić information content (AvgIpc) is 2.38. The maximum Gasteiger partial charge on any atom is 0.136 e. The SMILES string of the molecule is COCCOCCCCN1C2CCCC1CC(=O)C2. The third-order valence-corrected chi connectivity index (χ3v) is 4.33. The van der Waals surface area contributed by atoms with Gasteiger partial charge >= 0.3 is 0 Å². The van der Waals surface area contributed by atoms with Crippen LogP contribution in [-0.4, -0.2) is 56.2 Å². The number of hydrogen-bond donors (Lipinski definition) is 0. The van der Waals surface area contributed by atoms with Crippen LogP contribution in [0, 0.1) is 0 Å². The smallest absolute Gasteiger partial charge is 0.136 e. The summed E-state index contributed by atoms with van der Waals surface area (Å²) in [6.07, 6.45) is 7.60. The summed E-state index contributed by atoms with van der Waals surface area (Å²) in [4.78, 5) is 14.2. The van der Waals surface area contributed by atoms with Crippen molar-refractivity contribution in [2.45, 2.75) is 57.0 Å². The summed E-state index contributed by atoms with van der Waals surface area (Å²) in [5.41, 5.74) is 0. The van der Waals surface area contributed by atoms with Crippen molar-refractivity contribution in [2.75, 3.05) is 33.5 Å². The van der Waals surface area contributed by atoms with Crippen LogP contribution in [0.2, 0.25) is 0 Å². The van der Waals surface area contributed by atoms with Gasteiger partial charge in [-0.05, 0) is 32.2 Å². The van der Waals surface area contributed by atoms with Crippen LogP contribution in [0.5, 0.6) is 0 Å². The molecule has 0 amide bonds. The predicted octanol–water partition coefficient (Wildman–Crippen LogP) is 2.02. The number of Topliss-reactive ketones (excluding diaryl/α,β-unsaturated/α-hetero) is 1. The number of unbranched alkanes of at least 4 members (excludes halogenated alkanes) is 1. The lowest BCUT2D eigenvalue weighted by atomic mass is 9.83. The van der Waals surface area contributed by atoms with Crippen molar-refractivity contribution in [3.8, 4) is 0 Å². The number of piperidine rings is 2. The van der Waals surface area contributed by atoms with Crippen molar-refractivity contribution in [1.82, 2.24) is 4.90 Å². The van der Waals surface area contributed by atoms with Gasteiger partial charge in [0.15, 0.2) is 0 Å². The maximum atomic E-state index is 11.6. The highest BCUT2D eigenvalue weighted by Crippen LogP contribution is 2.32. The molecule has 2 unspecified atom stereocenters. The number of ketones is 1. The van der Waals surface area contributed by atoms with Crippen molar-refractivity contribution in [3.63, 3.8) is 0 Å². The van der Waals surface area contributed by atoms with Crippen LogP contribution < -0.4 is 0 Å². The van der Waals surface area contributed by atoms with Gasteiger partial charge < -0.3 is 9.47 Å². The van der Waals surface area contributed by atoms with E-state index in [0.717, 1.165) is 32.4 Å². The molecule has 2 aliphatic heterocycles. The zero-order valence-electron chi connectivity index (χ0n) is 12.1. The Kier molecular flexibility index (Phi) is 6.28. The fraction of sp³-hybridized carbons (Fsp3) is 0.933. The van der Waals surface area contributed by atoms with Gasteiger partial charge in [0.25, 0.3) is 0 Å². The lowest BCUT2D eigenvalue weighted by Crippen LogP contribution is -2.52. The Bertz CT molecular complexity index is 267. The molecule has 2 rings (SSSR count). The molecule has 2 bridgehead atoms. The first-order chi connectivity index (χ1) is 9.31. The largest absolute Gasteiger partial charge is 0.382 e. The second kappa shape index (κ2) is 7.98. The summed E-state index contributed by atoms with van der Waals surface area (Å²) in [5.74, 6) is 0.480. The van der Waals surface area contributed by atoms with Crippen molar-refractivity contribution in [3.05, 3.63) is 0 Å². The third-order valence-electron chi connectivity index (χ3n) is 4.33. The van der Waals surface area contributed by atoms with Crippen molar-refractivity contribution in [2.24, 2.45) is 0 Å². The summed E-state index contributed by atoms with van der Waals surface area (Å²) in [6, 6.07) is 1.07. The molecule has 0 aromatic rings. The van der Waals surface area contributed by atoms with E-state index in [1.54, 1.807) is 7.11 Å². The van der Waals surface area contributed by atoms with Gasteiger partial charge in [0.2, 0.25) is 0 Å². The quantitative estimate of drug-likeness (QED) is 0.632. The monoisotopic (exact) mass is 269 g/mol. The minimum absolute atomic E-state index is 0.480. The van der Waals surface area contributed by atoms with Gasteiger partial charge in [-0.3, -0.25) is 9.69 Å². The van der Waals surface area contributed by atoms with E-state index in [-0.39, 0.29) is 0 Å². The van der Waals surface area contributed by atoms with Crippen LogP contribution in [0.25, 0.3) is 0 Å². The molecule has 0 saturated carbocycles. The zero-order chi connectivity index (χ0) is 13.5. The first-order valence-corrected chi connectivity index (χ1v) is 7.65. The molecular formula is C15H27NO3. The topological polar surface area (TPSA) is 38.8 Å². The van der Waals surface area contributed by atoms with E-state index < -0.39 is 0 Å². The lowest BCUT2D eigenvalue weighted by molar-refractivity contribution is -0.127. The first-order valence-electron chi connectivity index (χ1n) is 7.65. The average molecular weight is 269 g/mol. The van der Waals surface area contributed by atoms with E-state index in [1.807, 2.05) is 0 Å². The van der Waals surface area contributed by atoms with E-state index in [9.17, 15) is 4.79 Å².